The maximum Gasteiger partial charge on any atom is 0.409 e. The van der Waals surface area contributed by atoms with Crippen LogP contribution in [0, 0.1) is 0 Å². The predicted octanol–water partition coefficient (Wildman–Crippen LogP) is 3.47. The van der Waals surface area contributed by atoms with Crippen LogP contribution >= 0.6 is 0 Å². The Morgan fingerprint density at radius 3 is 2.70 bits per heavy atom. The second kappa shape index (κ2) is 8.85. The Bertz CT molecular complexity index is 1030. The van der Waals surface area contributed by atoms with E-state index in [0.29, 0.717) is 25.0 Å². The number of nitrogens with zero attached hydrogens (tertiary/aromatic N) is 6. The fourth-order valence-corrected chi connectivity index (χ4v) is 5.16. The van der Waals surface area contributed by atoms with Gasteiger partial charge in [0.25, 0.3) is 0 Å². The van der Waals surface area contributed by atoms with Gasteiger partial charge in [0.1, 0.15) is 0 Å². The average Bonchev–Trinajstić information content (AvgIpc) is 3.23. The van der Waals surface area contributed by atoms with Gasteiger partial charge in [-0.1, -0.05) is 13.8 Å². The van der Waals surface area contributed by atoms with Gasteiger partial charge in [0.05, 0.1) is 37.3 Å². The van der Waals surface area contributed by atoms with Crippen molar-refractivity contribution < 1.29 is 14.3 Å². The van der Waals surface area contributed by atoms with E-state index >= 15 is 0 Å². The molecule has 1 fully saturated rings. The number of ether oxygens (including phenoxy) is 2. The number of likely N-dealkylation sites (N-methyl/N-ethyl adjacent to an activating group) is 1. The van der Waals surface area contributed by atoms with Gasteiger partial charge in [-0.2, -0.15) is 5.10 Å². The number of hydrogen-bond donors (Lipinski definition) is 0. The van der Waals surface area contributed by atoms with Gasteiger partial charge in [0, 0.05) is 63.3 Å². The molecule has 0 aliphatic carbocycles. The molecule has 1 saturated heterocycles. The summed E-state index contributed by atoms with van der Waals surface area (Å²) >= 11 is 0. The van der Waals surface area contributed by atoms with E-state index in [9.17, 15) is 4.79 Å². The molecule has 5 heterocycles. The fourth-order valence-electron chi connectivity index (χ4n) is 5.16. The lowest BCUT2D eigenvalue weighted by Crippen LogP contribution is -2.39. The van der Waals surface area contributed by atoms with Crippen LogP contribution in [0.1, 0.15) is 55.6 Å². The molecule has 0 atom stereocenters. The van der Waals surface area contributed by atoms with Crippen LogP contribution < -0.4 is 9.80 Å². The molecule has 0 unspecified atom stereocenters. The van der Waals surface area contributed by atoms with Gasteiger partial charge >= 0.3 is 6.09 Å². The smallest absolute Gasteiger partial charge is 0.409 e. The van der Waals surface area contributed by atoms with E-state index in [1.54, 1.807) is 4.90 Å². The average molecular weight is 455 g/mol. The molecule has 0 radical (unpaired) electrons. The number of fused-ring (bicyclic) bond motifs is 2. The first kappa shape index (κ1) is 22.0. The van der Waals surface area contributed by atoms with Crippen LogP contribution in [0.2, 0.25) is 0 Å². The molecule has 2 aromatic rings. The van der Waals surface area contributed by atoms with Crippen molar-refractivity contribution in [1.29, 1.82) is 0 Å². The van der Waals surface area contributed by atoms with Gasteiger partial charge < -0.3 is 24.2 Å². The standard InChI is InChI=1S/C24H34N6O3/c1-16(2)19-13-21-22(14-25-19)29(10-9-27(21)3)23-18-15-28(24(31)32-4)8-5-20(18)30(26-23)17-6-11-33-12-7-17/h13-14,16-17H,5-12,15H2,1-4H3. The first-order valence-electron chi connectivity index (χ1n) is 12.0. The summed E-state index contributed by atoms with van der Waals surface area (Å²) < 4.78 is 12.9. The second-order valence-corrected chi connectivity index (χ2v) is 9.50. The summed E-state index contributed by atoms with van der Waals surface area (Å²) in [5, 5.41) is 5.20. The van der Waals surface area contributed by atoms with Gasteiger partial charge in [-0.25, -0.2) is 4.79 Å². The zero-order chi connectivity index (χ0) is 23.1. The molecule has 2 aromatic heterocycles. The number of carbonyl (C=O) groups is 1. The number of aromatic nitrogens is 3. The first-order valence-corrected chi connectivity index (χ1v) is 12.0. The van der Waals surface area contributed by atoms with Crippen LogP contribution in [-0.2, 0) is 22.4 Å². The summed E-state index contributed by atoms with van der Waals surface area (Å²) in [5.41, 5.74) is 5.71. The zero-order valence-corrected chi connectivity index (χ0v) is 20.1. The molecule has 0 spiro atoms. The maximum absolute atomic E-state index is 12.3. The molecular formula is C24H34N6O3. The fraction of sp³-hybridized carbons (Fsp3) is 0.625. The topological polar surface area (TPSA) is 76.0 Å². The Morgan fingerprint density at radius 1 is 1.18 bits per heavy atom. The Kier molecular flexibility index (Phi) is 5.90. The molecule has 0 saturated carbocycles. The van der Waals surface area contributed by atoms with E-state index < -0.39 is 0 Å². The molecule has 0 bridgehead atoms. The zero-order valence-electron chi connectivity index (χ0n) is 20.1. The van der Waals surface area contributed by atoms with Crippen molar-refractivity contribution in [3.05, 3.63) is 29.2 Å². The van der Waals surface area contributed by atoms with Crippen molar-refractivity contribution >= 4 is 23.3 Å². The van der Waals surface area contributed by atoms with Gasteiger partial charge in [0.15, 0.2) is 5.82 Å². The van der Waals surface area contributed by atoms with Crippen LogP contribution in [0.3, 0.4) is 0 Å². The molecule has 0 aromatic carbocycles. The molecule has 9 heteroatoms. The molecule has 1 amide bonds. The van der Waals surface area contributed by atoms with Crippen LogP contribution in [0.15, 0.2) is 12.3 Å². The lowest BCUT2D eigenvalue weighted by Gasteiger charge is -2.37. The number of rotatable bonds is 3. The summed E-state index contributed by atoms with van der Waals surface area (Å²) in [6, 6.07) is 2.54. The molecule has 3 aliphatic heterocycles. The monoisotopic (exact) mass is 454 g/mol. The second-order valence-electron chi connectivity index (χ2n) is 9.50. The summed E-state index contributed by atoms with van der Waals surface area (Å²) in [6.45, 7) is 8.75. The molecule has 5 rings (SSSR count). The third kappa shape index (κ3) is 3.92. The number of amides is 1. The third-order valence-corrected chi connectivity index (χ3v) is 7.13. The van der Waals surface area contributed by atoms with E-state index in [1.165, 1.54) is 18.5 Å². The van der Waals surface area contributed by atoms with E-state index in [4.69, 9.17) is 19.6 Å². The normalized spacial score (nSPS) is 19.0. The minimum absolute atomic E-state index is 0.285. The SMILES string of the molecule is COC(=O)N1CCc2c(c(N3CCN(C)c4cc(C(C)C)ncc43)nn2C2CCOCC2)C1. The van der Waals surface area contributed by atoms with E-state index in [0.717, 1.165) is 68.3 Å². The maximum atomic E-state index is 12.3. The number of hydrogen-bond acceptors (Lipinski definition) is 7. The number of pyridine rings is 1. The highest BCUT2D eigenvalue weighted by Crippen LogP contribution is 2.41. The van der Waals surface area contributed by atoms with Gasteiger partial charge in [-0.05, 0) is 24.8 Å². The van der Waals surface area contributed by atoms with E-state index in [-0.39, 0.29) is 6.09 Å². The Balaban J connectivity index is 1.59. The van der Waals surface area contributed by atoms with Crippen LogP contribution in [-0.4, -0.2) is 72.8 Å². The van der Waals surface area contributed by atoms with Crippen molar-refractivity contribution in [1.82, 2.24) is 19.7 Å². The molecule has 3 aliphatic rings. The summed E-state index contributed by atoms with van der Waals surface area (Å²) in [4.78, 5) is 23.5. The molecule has 178 valence electrons. The highest BCUT2D eigenvalue weighted by Gasteiger charge is 2.35. The van der Waals surface area contributed by atoms with Crippen molar-refractivity contribution in [2.24, 2.45) is 0 Å². The highest BCUT2D eigenvalue weighted by molar-refractivity contribution is 5.79. The molecule has 0 N–H and O–H groups in total. The first-order chi connectivity index (χ1) is 16.0. The Labute approximate surface area is 195 Å². The largest absolute Gasteiger partial charge is 0.453 e. The van der Waals surface area contributed by atoms with E-state index in [2.05, 4.69) is 41.4 Å². The Morgan fingerprint density at radius 2 is 1.97 bits per heavy atom. The number of anilines is 3. The lowest BCUT2D eigenvalue weighted by atomic mass is 10.0. The quantitative estimate of drug-likeness (QED) is 0.703. The van der Waals surface area contributed by atoms with Gasteiger partial charge in [-0.3, -0.25) is 9.67 Å². The van der Waals surface area contributed by atoms with Crippen molar-refractivity contribution in [2.45, 2.75) is 51.6 Å². The van der Waals surface area contributed by atoms with Crippen molar-refractivity contribution in [2.75, 3.05) is 56.8 Å². The van der Waals surface area contributed by atoms with Crippen molar-refractivity contribution in [3.8, 4) is 0 Å². The molecule has 9 nitrogen and oxygen atoms in total. The molecule has 33 heavy (non-hydrogen) atoms. The summed E-state index contributed by atoms with van der Waals surface area (Å²) in [7, 11) is 3.58. The number of methoxy groups -OCH3 is 1. The molecular weight excluding hydrogens is 420 g/mol. The highest BCUT2D eigenvalue weighted by atomic mass is 16.5. The van der Waals surface area contributed by atoms with Crippen LogP contribution in [0.25, 0.3) is 0 Å². The van der Waals surface area contributed by atoms with Crippen LogP contribution in [0.5, 0.6) is 0 Å². The predicted molar refractivity (Wildman–Crippen MR) is 126 cm³/mol. The minimum atomic E-state index is -0.285. The summed E-state index contributed by atoms with van der Waals surface area (Å²) in [5.74, 6) is 1.31. The van der Waals surface area contributed by atoms with Crippen LogP contribution in [0.4, 0.5) is 22.0 Å². The van der Waals surface area contributed by atoms with Gasteiger partial charge in [0.2, 0.25) is 0 Å². The summed E-state index contributed by atoms with van der Waals surface area (Å²) in [6.07, 6.45) is 4.41. The minimum Gasteiger partial charge on any atom is -0.453 e. The van der Waals surface area contributed by atoms with E-state index in [1.807, 2.05) is 6.20 Å². The third-order valence-electron chi connectivity index (χ3n) is 7.13. The van der Waals surface area contributed by atoms with Gasteiger partial charge in [-0.15, -0.1) is 0 Å². The lowest BCUT2D eigenvalue weighted by molar-refractivity contribution is 0.0649. The Hall–Kier alpha value is -2.81. The van der Waals surface area contributed by atoms with Crippen molar-refractivity contribution in [3.63, 3.8) is 0 Å². The number of carbonyl (C=O) groups excluding carboxylic acids is 1.